The van der Waals surface area contributed by atoms with Crippen LogP contribution in [0.15, 0.2) is 12.1 Å². The molecule has 0 atom stereocenters. The number of aromatic nitrogens is 4. The van der Waals surface area contributed by atoms with E-state index >= 15 is 0 Å². The Bertz CT molecular complexity index is 479. The average molecular weight is 218 g/mol. The van der Waals surface area contributed by atoms with Crippen molar-refractivity contribution in [3.8, 4) is 17.1 Å². The molecule has 16 heavy (non-hydrogen) atoms. The number of nitrogens with one attached hydrogen (secondary N) is 1. The molecule has 2 aromatic rings. The topological polar surface area (TPSA) is 63.7 Å². The van der Waals surface area contributed by atoms with Gasteiger partial charge in [0.2, 0.25) is 5.82 Å². The number of ether oxygens (including phenoxy) is 1. The number of tetrazole rings is 1. The van der Waals surface area contributed by atoms with Gasteiger partial charge in [0, 0.05) is 5.56 Å². The van der Waals surface area contributed by atoms with Crippen molar-refractivity contribution in [2.24, 2.45) is 0 Å². The normalized spacial score (nSPS) is 10.4. The van der Waals surface area contributed by atoms with Gasteiger partial charge in [-0.2, -0.15) is 5.21 Å². The van der Waals surface area contributed by atoms with Gasteiger partial charge < -0.3 is 4.74 Å². The molecule has 1 aromatic carbocycles. The number of H-pyrrole nitrogens is 1. The molecule has 0 spiro atoms. The zero-order chi connectivity index (χ0) is 11.5. The van der Waals surface area contributed by atoms with Crippen LogP contribution in [0.2, 0.25) is 0 Å². The molecule has 0 amide bonds. The lowest BCUT2D eigenvalue weighted by molar-refractivity contribution is 0.337. The molecule has 1 N–H and O–H groups in total. The van der Waals surface area contributed by atoms with Crippen LogP contribution in [-0.2, 0) is 0 Å². The maximum absolute atomic E-state index is 5.53. The molecular formula is C11H14N4O. The second-order valence-electron chi connectivity index (χ2n) is 3.60. The van der Waals surface area contributed by atoms with E-state index < -0.39 is 0 Å². The molecule has 5 nitrogen and oxygen atoms in total. The van der Waals surface area contributed by atoms with E-state index in [1.807, 2.05) is 32.9 Å². The zero-order valence-corrected chi connectivity index (χ0v) is 9.61. The van der Waals surface area contributed by atoms with E-state index in [2.05, 4.69) is 20.6 Å². The Kier molecular flexibility index (Phi) is 2.85. The summed E-state index contributed by atoms with van der Waals surface area (Å²) < 4.78 is 5.53. The molecule has 1 aromatic heterocycles. The predicted molar refractivity (Wildman–Crippen MR) is 60.3 cm³/mol. The van der Waals surface area contributed by atoms with Gasteiger partial charge >= 0.3 is 0 Å². The van der Waals surface area contributed by atoms with Crippen LogP contribution < -0.4 is 4.74 Å². The van der Waals surface area contributed by atoms with Crippen molar-refractivity contribution >= 4 is 0 Å². The summed E-state index contributed by atoms with van der Waals surface area (Å²) in [5, 5.41) is 14.0. The van der Waals surface area contributed by atoms with Crippen LogP contribution in [0.25, 0.3) is 11.4 Å². The van der Waals surface area contributed by atoms with Crippen LogP contribution >= 0.6 is 0 Å². The molecule has 0 radical (unpaired) electrons. The lowest BCUT2D eigenvalue weighted by Crippen LogP contribution is -1.96. The largest absolute Gasteiger partial charge is 0.494 e. The first-order valence-electron chi connectivity index (χ1n) is 5.20. The fourth-order valence-electron chi connectivity index (χ4n) is 1.62. The molecule has 1 heterocycles. The number of benzene rings is 1. The monoisotopic (exact) mass is 218 g/mol. The molecule has 0 bridgehead atoms. The van der Waals surface area contributed by atoms with Gasteiger partial charge in [0.15, 0.2) is 0 Å². The van der Waals surface area contributed by atoms with Crippen molar-refractivity contribution in [3.63, 3.8) is 0 Å². The summed E-state index contributed by atoms with van der Waals surface area (Å²) in [5.74, 6) is 1.52. The Morgan fingerprint density at radius 1 is 1.25 bits per heavy atom. The zero-order valence-electron chi connectivity index (χ0n) is 9.61. The number of aromatic amines is 1. The number of rotatable bonds is 3. The van der Waals surface area contributed by atoms with E-state index in [9.17, 15) is 0 Å². The summed E-state index contributed by atoms with van der Waals surface area (Å²) in [6, 6.07) is 4.02. The lowest BCUT2D eigenvalue weighted by Gasteiger charge is -2.10. The molecule has 0 fully saturated rings. The number of nitrogens with zero attached hydrogens (tertiary/aromatic N) is 3. The van der Waals surface area contributed by atoms with Gasteiger partial charge in [-0.25, -0.2) is 0 Å². The van der Waals surface area contributed by atoms with Crippen molar-refractivity contribution in [2.75, 3.05) is 6.61 Å². The highest BCUT2D eigenvalue weighted by molar-refractivity contribution is 5.62. The fraction of sp³-hybridized carbons (Fsp3) is 0.364. The Morgan fingerprint density at radius 3 is 2.69 bits per heavy atom. The fourth-order valence-corrected chi connectivity index (χ4v) is 1.62. The molecule has 0 aliphatic carbocycles. The van der Waals surface area contributed by atoms with Gasteiger partial charge in [0.1, 0.15) is 5.75 Å². The molecule has 0 saturated carbocycles. The van der Waals surface area contributed by atoms with Crippen LogP contribution in [0.4, 0.5) is 0 Å². The first-order valence-corrected chi connectivity index (χ1v) is 5.20. The summed E-state index contributed by atoms with van der Waals surface area (Å²) in [6.07, 6.45) is 0. The molecule has 5 heteroatoms. The van der Waals surface area contributed by atoms with Gasteiger partial charge in [-0.05, 0) is 49.2 Å². The highest BCUT2D eigenvalue weighted by Gasteiger charge is 2.10. The second kappa shape index (κ2) is 4.30. The summed E-state index contributed by atoms with van der Waals surface area (Å²) >= 11 is 0. The molecule has 2 rings (SSSR count). The van der Waals surface area contributed by atoms with Gasteiger partial charge in [-0.15, -0.1) is 10.2 Å². The van der Waals surface area contributed by atoms with Gasteiger partial charge in [0.05, 0.1) is 6.61 Å². The molecule has 0 saturated heterocycles. The third kappa shape index (κ3) is 1.88. The Balaban J connectivity index is 2.46. The molecule has 0 aliphatic rings. The molecular weight excluding hydrogens is 204 g/mol. The first-order chi connectivity index (χ1) is 7.72. The van der Waals surface area contributed by atoms with Crippen molar-refractivity contribution in [2.45, 2.75) is 20.8 Å². The summed E-state index contributed by atoms with van der Waals surface area (Å²) in [4.78, 5) is 0. The van der Waals surface area contributed by atoms with E-state index in [1.165, 1.54) is 0 Å². The predicted octanol–water partition coefficient (Wildman–Crippen LogP) is 1.88. The van der Waals surface area contributed by atoms with Crippen molar-refractivity contribution in [3.05, 3.63) is 23.3 Å². The van der Waals surface area contributed by atoms with Gasteiger partial charge in [-0.3, -0.25) is 0 Å². The first kappa shape index (κ1) is 10.6. The standard InChI is InChI=1S/C11H14N4O/c1-4-16-10-6-7(2)9(5-8(10)3)11-12-14-15-13-11/h5-6H,4H2,1-3H3,(H,12,13,14,15). The Morgan fingerprint density at radius 2 is 2.06 bits per heavy atom. The quantitative estimate of drug-likeness (QED) is 0.854. The third-order valence-corrected chi connectivity index (χ3v) is 2.41. The highest BCUT2D eigenvalue weighted by atomic mass is 16.5. The minimum atomic E-state index is 0.614. The summed E-state index contributed by atoms with van der Waals surface area (Å²) in [6.45, 7) is 6.66. The van der Waals surface area contributed by atoms with Crippen LogP contribution in [0.3, 0.4) is 0 Å². The van der Waals surface area contributed by atoms with E-state index in [1.54, 1.807) is 0 Å². The minimum Gasteiger partial charge on any atom is -0.494 e. The van der Waals surface area contributed by atoms with Crippen LogP contribution in [0, 0.1) is 13.8 Å². The second-order valence-corrected chi connectivity index (χ2v) is 3.60. The van der Waals surface area contributed by atoms with E-state index in [-0.39, 0.29) is 0 Å². The van der Waals surface area contributed by atoms with Crippen molar-refractivity contribution in [1.82, 2.24) is 20.6 Å². The van der Waals surface area contributed by atoms with E-state index in [4.69, 9.17) is 4.74 Å². The van der Waals surface area contributed by atoms with Crippen LogP contribution in [-0.4, -0.2) is 27.2 Å². The maximum Gasteiger partial charge on any atom is 0.204 e. The van der Waals surface area contributed by atoms with E-state index in [0.29, 0.717) is 12.4 Å². The summed E-state index contributed by atoms with van der Waals surface area (Å²) in [5.41, 5.74) is 3.14. The van der Waals surface area contributed by atoms with Gasteiger partial charge in [0.25, 0.3) is 0 Å². The Hall–Kier alpha value is -1.91. The van der Waals surface area contributed by atoms with Crippen LogP contribution in [0.1, 0.15) is 18.1 Å². The summed E-state index contributed by atoms with van der Waals surface area (Å²) in [7, 11) is 0. The average Bonchev–Trinajstić information content (AvgIpc) is 2.76. The van der Waals surface area contributed by atoms with E-state index in [0.717, 1.165) is 22.4 Å². The molecule has 0 unspecified atom stereocenters. The van der Waals surface area contributed by atoms with Crippen molar-refractivity contribution in [1.29, 1.82) is 0 Å². The van der Waals surface area contributed by atoms with Gasteiger partial charge in [-0.1, -0.05) is 0 Å². The SMILES string of the molecule is CCOc1cc(C)c(-c2nn[nH]n2)cc1C. The smallest absolute Gasteiger partial charge is 0.204 e. The Labute approximate surface area is 93.8 Å². The maximum atomic E-state index is 5.53. The molecule has 84 valence electrons. The van der Waals surface area contributed by atoms with Crippen molar-refractivity contribution < 1.29 is 4.74 Å². The number of hydrogen-bond acceptors (Lipinski definition) is 4. The highest BCUT2D eigenvalue weighted by Crippen LogP contribution is 2.27. The van der Waals surface area contributed by atoms with Crippen LogP contribution in [0.5, 0.6) is 5.75 Å². The number of hydrogen-bond donors (Lipinski definition) is 1. The third-order valence-electron chi connectivity index (χ3n) is 2.41. The lowest BCUT2D eigenvalue weighted by atomic mass is 10.0. The minimum absolute atomic E-state index is 0.614. The number of aryl methyl sites for hydroxylation is 2. The molecule has 0 aliphatic heterocycles.